The number of ether oxygens (including phenoxy) is 1. The van der Waals surface area contributed by atoms with Gasteiger partial charge in [0, 0.05) is 0 Å². The third kappa shape index (κ3) is 3.43. The fourth-order valence-corrected chi connectivity index (χ4v) is 1.10. The highest BCUT2D eigenvalue weighted by Crippen LogP contribution is 2.31. The molecule has 0 N–H and O–H groups in total. The molecule has 0 fully saturated rings. The minimum absolute atomic E-state index is 0.361. The van der Waals surface area contributed by atoms with Crippen LogP contribution in [-0.4, -0.2) is 5.60 Å². The summed E-state index contributed by atoms with van der Waals surface area (Å²) in [5.74, 6) is 0.458. The molecular weight excluding hydrogens is 217 g/mol. The van der Waals surface area contributed by atoms with E-state index in [1.807, 2.05) is 20.8 Å². The molecule has 0 bridgehead atoms. The first kappa shape index (κ1) is 12.9. The average Bonchev–Trinajstić information content (AvgIpc) is 2.16. The van der Waals surface area contributed by atoms with E-state index in [4.69, 9.17) is 4.74 Å². The number of rotatable bonds is 3. The van der Waals surface area contributed by atoms with Gasteiger partial charge in [0.15, 0.2) is 0 Å². The summed E-state index contributed by atoms with van der Waals surface area (Å²) in [5.41, 5.74) is -1.02. The highest BCUT2D eigenvalue weighted by molar-refractivity contribution is 5.29. The monoisotopic (exact) mass is 232 g/mol. The van der Waals surface area contributed by atoms with Crippen LogP contribution in [0, 0.1) is 0 Å². The first-order valence-corrected chi connectivity index (χ1v) is 5.11. The quantitative estimate of drug-likeness (QED) is 0.756. The molecule has 0 heterocycles. The largest absolute Gasteiger partial charge is 0.488 e. The standard InChI is InChI=1S/C12H15F3O/c1-4-11(2,3)16-10-7-5-9(6-8-10)12(13,14)15/h5-8H,4H2,1-3H3. The molecule has 0 atom stereocenters. The van der Waals surface area contributed by atoms with Crippen LogP contribution >= 0.6 is 0 Å². The summed E-state index contributed by atoms with van der Waals surface area (Å²) in [6.45, 7) is 5.75. The fraction of sp³-hybridized carbons (Fsp3) is 0.500. The lowest BCUT2D eigenvalue weighted by Gasteiger charge is -2.25. The van der Waals surface area contributed by atoms with Gasteiger partial charge >= 0.3 is 6.18 Å². The highest BCUT2D eigenvalue weighted by Gasteiger charge is 2.30. The van der Waals surface area contributed by atoms with Gasteiger partial charge in [-0.1, -0.05) is 6.92 Å². The molecule has 1 rings (SSSR count). The Kier molecular flexibility index (Phi) is 3.51. The molecule has 0 aromatic heterocycles. The maximum atomic E-state index is 12.3. The zero-order valence-corrected chi connectivity index (χ0v) is 9.56. The van der Waals surface area contributed by atoms with E-state index in [1.54, 1.807) is 0 Å². The lowest BCUT2D eigenvalue weighted by Crippen LogP contribution is -2.26. The van der Waals surface area contributed by atoms with Gasteiger partial charge in [-0.2, -0.15) is 13.2 Å². The van der Waals surface area contributed by atoms with Crippen LogP contribution < -0.4 is 4.74 Å². The first-order valence-electron chi connectivity index (χ1n) is 5.11. The van der Waals surface area contributed by atoms with E-state index in [-0.39, 0.29) is 5.60 Å². The van der Waals surface area contributed by atoms with Crippen LogP contribution in [-0.2, 0) is 6.18 Å². The van der Waals surface area contributed by atoms with Gasteiger partial charge < -0.3 is 4.74 Å². The Morgan fingerprint density at radius 3 is 1.94 bits per heavy atom. The molecule has 0 aliphatic heterocycles. The molecule has 0 aliphatic carbocycles. The number of hydrogen-bond acceptors (Lipinski definition) is 1. The minimum Gasteiger partial charge on any atom is -0.488 e. The Bertz CT molecular complexity index is 338. The van der Waals surface area contributed by atoms with Crippen LogP contribution in [0.4, 0.5) is 13.2 Å². The van der Waals surface area contributed by atoms with Crippen molar-refractivity contribution in [1.29, 1.82) is 0 Å². The maximum absolute atomic E-state index is 12.3. The lowest BCUT2D eigenvalue weighted by molar-refractivity contribution is -0.137. The number of benzene rings is 1. The van der Waals surface area contributed by atoms with E-state index in [9.17, 15) is 13.2 Å². The van der Waals surface area contributed by atoms with Crippen molar-refractivity contribution in [2.75, 3.05) is 0 Å². The number of alkyl halides is 3. The van der Waals surface area contributed by atoms with Crippen molar-refractivity contribution in [3.63, 3.8) is 0 Å². The molecule has 0 amide bonds. The molecule has 0 unspecified atom stereocenters. The van der Waals surface area contributed by atoms with Crippen LogP contribution in [0.25, 0.3) is 0 Å². The predicted octanol–water partition coefficient (Wildman–Crippen LogP) is 4.27. The average molecular weight is 232 g/mol. The zero-order valence-electron chi connectivity index (χ0n) is 9.56. The summed E-state index contributed by atoms with van der Waals surface area (Å²) in [7, 11) is 0. The topological polar surface area (TPSA) is 9.23 Å². The molecular formula is C12H15F3O. The minimum atomic E-state index is -4.29. The van der Waals surface area contributed by atoms with Gasteiger partial charge in [0.2, 0.25) is 0 Å². The second-order valence-corrected chi connectivity index (χ2v) is 4.24. The SMILES string of the molecule is CCC(C)(C)Oc1ccc(C(F)(F)F)cc1. The van der Waals surface area contributed by atoms with Crippen LogP contribution in [0.1, 0.15) is 32.8 Å². The van der Waals surface area contributed by atoms with E-state index in [1.165, 1.54) is 12.1 Å². The van der Waals surface area contributed by atoms with E-state index in [0.29, 0.717) is 5.75 Å². The van der Waals surface area contributed by atoms with Gasteiger partial charge in [-0.25, -0.2) is 0 Å². The molecule has 0 saturated heterocycles. The Hall–Kier alpha value is -1.19. The molecule has 1 aromatic rings. The van der Waals surface area contributed by atoms with E-state index in [2.05, 4.69) is 0 Å². The molecule has 16 heavy (non-hydrogen) atoms. The maximum Gasteiger partial charge on any atom is 0.416 e. The fourth-order valence-electron chi connectivity index (χ4n) is 1.10. The van der Waals surface area contributed by atoms with E-state index >= 15 is 0 Å². The molecule has 0 radical (unpaired) electrons. The highest BCUT2D eigenvalue weighted by atomic mass is 19.4. The van der Waals surface area contributed by atoms with Gasteiger partial charge in [-0.3, -0.25) is 0 Å². The molecule has 1 nitrogen and oxygen atoms in total. The van der Waals surface area contributed by atoms with Crippen molar-refractivity contribution in [3.8, 4) is 5.75 Å². The van der Waals surface area contributed by atoms with Crippen molar-refractivity contribution in [1.82, 2.24) is 0 Å². The van der Waals surface area contributed by atoms with Crippen molar-refractivity contribution in [3.05, 3.63) is 29.8 Å². The lowest BCUT2D eigenvalue weighted by atomic mass is 10.1. The Labute approximate surface area is 93.2 Å². The molecule has 0 spiro atoms. The van der Waals surface area contributed by atoms with Gasteiger partial charge in [-0.05, 0) is 44.5 Å². The molecule has 4 heteroatoms. The third-order valence-electron chi connectivity index (χ3n) is 2.43. The van der Waals surface area contributed by atoms with Crippen LogP contribution in [0.15, 0.2) is 24.3 Å². The number of hydrogen-bond donors (Lipinski definition) is 0. The normalized spacial score (nSPS) is 12.6. The summed E-state index contributed by atoms with van der Waals surface area (Å²) in [5, 5.41) is 0. The van der Waals surface area contributed by atoms with Gasteiger partial charge in [0.25, 0.3) is 0 Å². The molecule has 0 aliphatic rings. The van der Waals surface area contributed by atoms with E-state index < -0.39 is 11.7 Å². The summed E-state index contributed by atoms with van der Waals surface area (Å²) in [6.07, 6.45) is -3.51. The summed E-state index contributed by atoms with van der Waals surface area (Å²) in [4.78, 5) is 0. The Morgan fingerprint density at radius 1 is 1.06 bits per heavy atom. The van der Waals surface area contributed by atoms with Gasteiger partial charge in [-0.15, -0.1) is 0 Å². The van der Waals surface area contributed by atoms with Crippen molar-refractivity contribution in [2.45, 2.75) is 39.0 Å². The second-order valence-electron chi connectivity index (χ2n) is 4.24. The second kappa shape index (κ2) is 4.36. The Balaban J connectivity index is 2.80. The van der Waals surface area contributed by atoms with Gasteiger partial charge in [0.05, 0.1) is 5.56 Å². The first-order chi connectivity index (χ1) is 7.24. The third-order valence-corrected chi connectivity index (χ3v) is 2.43. The number of halogens is 3. The van der Waals surface area contributed by atoms with Crippen molar-refractivity contribution >= 4 is 0 Å². The van der Waals surface area contributed by atoms with Crippen molar-refractivity contribution in [2.24, 2.45) is 0 Å². The van der Waals surface area contributed by atoms with Crippen LogP contribution in [0.5, 0.6) is 5.75 Å². The van der Waals surface area contributed by atoms with E-state index in [0.717, 1.165) is 18.6 Å². The van der Waals surface area contributed by atoms with Crippen LogP contribution in [0.2, 0.25) is 0 Å². The van der Waals surface area contributed by atoms with Crippen LogP contribution in [0.3, 0.4) is 0 Å². The predicted molar refractivity (Wildman–Crippen MR) is 56.4 cm³/mol. The molecule has 0 saturated carbocycles. The summed E-state index contributed by atoms with van der Waals surface area (Å²) < 4.78 is 42.4. The van der Waals surface area contributed by atoms with Gasteiger partial charge in [0.1, 0.15) is 11.4 Å². The summed E-state index contributed by atoms with van der Waals surface area (Å²) >= 11 is 0. The summed E-state index contributed by atoms with van der Waals surface area (Å²) in [6, 6.07) is 4.75. The molecule has 1 aromatic carbocycles. The smallest absolute Gasteiger partial charge is 0.416 e. The zero-order chi connectivity index (χ0) is 12.4. The molecule has 90 valence electrons. The Morgan fingerprint density at radius 2 is 1.56 bits per heavy atom. The van der Waals surface area contributed by atoms with Crippen molar-refractivity contribution < 1.29 is 17.9 Å².